The van der Waals surface area contributed by atoms with Crippen molar-refractivity contribution in [1.82, 2.24) is 9.55 Å². The number of hydrogen-bond acceptors (Lipinski definition) is 2. The number of imidazole rings is 1. The number of nitrogens with two attached hydrogens (primary N) is 1. The fraction of sp³-hybridized carbons (Fsp3) is 0.182. The van der Waals surface area contributed by atoms with Gasteiger partial charge in [-0.15, -0.1) is 0 Å². The molecule has 0 saturated heterocycles. The van der Waals surface area contributed by atoms with Crippen LogP contribution < -0.4 is 5.73 Å². The second kappa shape index (κ2) is 4.04. The Hall–Kier alpha value is -1.32. The summed E-state index contributed by atoms with van der Waals surface area (Å²) in [6.45, 7) is 0.442. The molecule has 0 fully saturated rings. The van der Waals surface area contributed by atoms with Crippen molar-refractivity contribution in [1.29, 1.82) is 0 Å². The minimum atomic E-state index is 0.442. The number of benzene rings is 1. The molecule has 2 N–H and O–H groups in total. The minimum absolute atomic E-state index is 0.442. The molecule has 2 aromatic rings. The molecule has 0 atom stereocenters. The maximum absolute atomic E-state index is 5.92. The lowest BCUT2D eigenvalue weighted by Gasteiger charge is -1.95. The van der Waals surface area contributed by atoms with E-state index in [-0.39, 0.29) is 0 Å². The fourth-order valence-corrected chi connectivity index (χ4v) is 1.67. The summed E-state index contributed by atoms with van der Waals surface area (Å²) in [5.74, 6) is 0.866. The smallest absolute Gasteiger partial charge is 0.122 e. The van der Waals surface area contributed by atoms with E-state index in [4.69, 9.17) is 17.3 Å². The molecule has 0 unspecified atom stereocenters. The van der Waals surface area contributed by atoms with Crippen molar-refractivity contribution in [3.8, 4) is 11.3 Å². The lowest BCUT2D eigenvalue weighted by Crippen LogP contribution is -2.03. The summed E-state index contributed by atoms with van der Waals surface area (Å²) in [4.78, 5) is 4.42. The summed E-state index contributed by atoms with van der Waals surface area (Å²) in [6.07, 6.45) is 1.95. The summed E-state index contributed by atoms with van der Waals surface area (Å²) in [5, 5.41) is 0.715. The molecule has 0 aliphatic carbocycles. The first-order chi connectivity index (χ1) is 7.20. The molecule has 3 nitrogen and oxygen atoms in total. The molecule has 0 spiro atoms. The van der Waals surface area contributed by atoms with Gasteiger partial charge in [0.2, 0.25) is 0 Å². The van der Waals surface area contributed by atoms with Gasteiger partial charge in [-0.3, -0.25) is 0 Å². The summed E-state index contributed by atoms with van der Waals surface area (Å²) in [7, 11) is 1.93. The third kappa shape index (κ3) is 2.03. The van der Waals surface area contributed by atoms with E-state index < -0.39 is 0 Å². The Morgan fingerprint density at radius 1 is 1.47 bits per heavy atom. The fourth-order valence-electron chi connectivity index (χ4n) is 1.48. The molecule has 2 rings (SSSR count). The molecule has 4 heteroatoms. The molecule has 0 amide bonds. The molecule has 15 heavy (non-hydrogen) atoms. The van der Waals surface area contributed by atoms with Crippen LogP contribution in [-0.4, -0.2) is 9.55 Å². The molecular weight excluding hydrogens is 210 g/mol. The van der Waals surface area contributed by atoms with Crippen molar-refractivity contribution < 1.29 is 0 Å². The van der Waals surface area contributed by atoms with E-state index >= 15 is 0 Å². The Morgan fingerprint density at radius 2 is 2.27 bits per heavy atom. The maximum atomic E-state index is 5.92. The molecule has 1 heterocycles. The van der Waals surface area contributed by atoms with E-state index in [1.807, 2.05) is 42.1 Å². The second-order valence-corrected chi connectivity index (χ2v) is 3.80. The quantitative estimate of drug-likeness (QED) is 0.845. The Labute approximate surface area is 93.5 Å². The number of halogens is 1. The van der Waals surface area contributed by atoms with Crippen LogP contribution in [0.5, 0.6) is 0 Å². The number of aromatic nitrogens is 2. The number of hydrogen-bond donors (Lipinski definition) is 1. The first kappa shape index (κ1) is 10.2. The van der Waals surface area contributed by atoms with Crippen LogP contribution in [0.2, 0.25) is 5.02 Å². The van der Waals surface area contributed by atoms with Gasteiger partial charge in [-0.1, -0.05) is 23.7 Å². The zero-order valence-electron chi connectivity index (χ0n) is 8.44. The van der Waals surface area contributed by atoms with Gasteiger partial charge in [0.25, 0.3) is 0 Å². The lowest BCUT2D eigenvalue weighted by atomic mass is 10.2. The van der Waals surface area contributed by atoms with Crippen molar-refractivity contribution in [3.63, 3.8) is 0 Å². The Bertz CT molecular complexity index is 476. The van der Waals surface area contributed by atoms with Gasteiger partial charge in [0.1, 0.15) is 5.82 Å². The molecule has 0 aliphatic rings. The normalized spacial score (nSPS) is 10.6. The topological polar surface area (TPSA) is 43.8 Å². The van der Waals surface area contributed by atoms with Gasteiger partial charge in [0, 0.05) is 23.8 Å². The maximum Gasteiger partial charge on any atom is 0.122 e. The molecule has 1 aromatic carbocycles. The van der Waals surface area contributed by atoms with E-state index in [0.29, 0.717) is 11.6 Å². The highest BCUT2D eigenvalue weighted by Crippen LogP contribution is 2.21. The zero-order chi connectivity index (χ0) is 10.8. The Morgan fingerprint density at radius 3 is 2.87 bits per heavy atom. The first-order valence-corrected chi connectivity index (χ1v) is 5.07. The van der Waals surface area contributed by atoms with Crippen LogP contribution >= 0.6 is 11.6 Å². The van der Waals surface area contributed by atoms with E-state index in [0.717, 1.165) is 17.1 Å². The summed E-state index contributed by atoms with van der Waals surface area (Å²) < 4.78 is 1.93. The largest absolute Gasteiger partial charge is 0.336 e. The molecule has 0 bridgehead atoms. The average molecular weight is 222 g/mol. The van der Waals surface area contributed by atoms with Crippen molar-refractivity contribution >= 4 is 11.6 Å². The van der Waals surface area contributed by atoms with Crippen molar-refractivity contribution in [2.45, 2.75) is 6.54 Å². The first-order valence-electron chi connectivity index (χ1n) is 4.69. The van der Waals surface area contributed by atoms with Crippen LogP contribution in [0.4, 0.5) is 0 Å². The van der Waals surface area contributed by atoms with Crippen LogP contribution in [-0.2, 0) is 13.6 Å². The van der Waals surface area contributed by atoms with Crippen LogP contribution in [0.3, 0.4) is 0 Å². The van der Waals surface area contributed by atoms with E-state index in [1.165, 1.54) is 0 Å². The van der Waals surface area contributed by atoms with Crippen LogP contribution in [0.25, 0.3) is 11.3 Å². The van der Waals surface area contributed by atoms with Crippen molar-refractivity contribution in [2.75, 3.05) is 0 Å². The SMILES string of the molecule is Cn1cc(-c2cccc(Cl)c2)nc1CN. The van der Waals surface area contributed by atoms with E-state index in [9.17, 15) is 0 Å². The van der Waals surface area contributed by atoms with Crippen molar-refractivity contribution in [3.05, 3.63) is 41.3 Å². The minimum Gasteiger partial charge on any atom is -0.336 e. The standard InChI is InChI=1S/C11H12ClN3/c1-15-7-10(14-11(15)6-13)8-3-2-4-9(12)5-8/h2-5,7H,6,13H2,1H3. The van der Waals surface area contributed by atoms with Gasteiger partial charge in [-0.2, -0.15) is 0 Å². The van der Waals surface area contributed by atoms with Gasteiger partial charge in [-0.25, -0.2) is 4.98 Å². The highest BCUT2D eigenvalue weighted by molar-refractivity contribution is 6.30. The zero-order valence-corrected chi connectivity index (χ0v) is 9.20. The summed E-state index contributed by atoms with van der Waals surface area (Å²) in [5.41, 5.74) is 7.48. The highest BCUT2D eigenvalue weighted by atomic mass is 35.5. The third-order valence-corrected chi connectivity index (χ3v) is 2.51. The number of nitrogens with zero attached hydrogens (tertiary/aromatic N) is 2. The second-order valence-electron chi connectivity index (χ2n) is 3.37. The highest BCUT2D eigenvalue weighted by Gasteiger charge is 2.05. The van der Waals surface area contributed by atoms with Gasteiger partial charge < -0.3 is 10.3 Å². The number of aryl methyl sites for hydroxylation is 1. The molecule has 1 aromatic heterocycles. The summed E-state index contributed by atoms with van der Waals surface area (Å²) >= 11 is 5.92. The monoisotopic (exact) mass is 221 g/mol. The molecular formula is C11H12ClN3. The molecule has 0 radical (unpaired) electrons. The Kier molecular flexibility index (Phi) is 2.75. The van der Waals surface area contributed by atoms with Gasteiger partial charge >= 0.3 is 0 Å². The molecule has 78 valence electrons. The van der Waals surface area contributed by atoms with E-state index in [1.54, 1.807) is 0 Å². The third-order valence-electron chi connectivity index (χ3n) is 2.28. The predicted octanol–water partition coefficient (Wildman–Crippen LogP) is 2.20. The Balaban J connectivity index is 2.45. The average Bonchev–Trinajstić information content (AvgIpc) is 2.60. The van der Waals surface area contributed by atoms with E-state index in [2.05, 4.69) is 4.98 Å². The molecule has 0 aliphatic heterocycles. The summed E-state index contributed by atoms with van der Waals surface area (Å²) in [6, 6.07) is 7.63. The number of rotatable bonds is 2. The predicted molar refractivity (Wildman–Crippen MR) is 61.5 cm³/mol. The molecule has 0 saturated carbocycles. The van der Waals surface area contributed by atoms with Crippen LogP contribution in [0.15, 0.2) is 30.5 Å². The van der Waals surface area contributed by atoms with Crippen LogP contribution in [0, 0.1) is 0 Å². The van der Waals surface area contributed by atoms with Gasteiger partial charge in [-0.05, 0) is 12.1 Å². The van der Waals surface area contributed by atoms with Crippen molar-refractivity contribution in [2.24, 2.45) is 12.8 Å². The lowest BCUT2D eigenvalue weighted by molar-refractivity contribution is 0.794. The van der Waals surface area contributed by atoms with Gasteiger partial charge in [0.05, 0.1) is 12.2 Å². The van der Waals surface area contributed by atoms with Gasteiger partial charge in [0.15, 0.2) is 0 Å². The van der Waals surface area contributed by atoms with Crippen LogP contribution in [0.1, 0.15) is 5.82 Å².